The molecule has 1 aromatic heterocycles. The lowest BCUT2D eigenvalue weighted by Gasteiger charge is -2.31. The van der Waals surface area contributed by atoms with Crippen molar-refractivity contribution in [1.29, 1.82) is 0 Å². The van der Waals surface area contributed by atoms with Crippen LogP contribution in [-0.2, 0) is 16.6 Å². The fourth-order valence-corrected chi connectivity index (χ4v) is 4.62. The number of sulfonamides is 1. The number of hydrogen-bond acceptors (Lipinski definition) is 4. The van der Waals surface area contributed by atoms with Gasteiger partial charge in [0.05, 0.1) is 0 Å². The van der Waals surface area contributed by atoms with Gasteiger partial charge in [0.25, 0.3) is 0 Å². The van der Waals surface area contributed by atoms with Crippen molar-refractivity contribution in [2.45, 2.75) is 38.1 Å². The molecule has 0 unspecified atom stereocenters. The highest BCUT2D eigenvalue weighted by Gasteiger charge is 2.24. The van der Waals surface area contributed by atoms with Crippen molar-refractivity contribution in [1.82, 2.24) is 9.62 Å². The molecule has 0 aliphatic carbocycles. The van der Waals surface area contributed by atoms with Crippen LogP contribution in [0.4, 0.5) is 8.78 Å². The molecule has 8 heteroatoms. The van der Waals surface area contributed by atoms with Gasteiger partial charge in [-0.2, -0.15) is 0 Å². The van der Waals surface area contributed by atoms with Crippen molar-refractivity contribution in [3.63, 3.8) is 0 Å². The van der Waals surface area contributed by atoms with E-state index in [1.165, 1.54) is 5.56 Å². The number of nitrogens with one attached hydrogen (secondary N) is 1. The first-order valence-corrected chi connectivity index (χ1v) is 10.5. The Morgan fingerprint density at radius 3 is 2.52 bits per heavy atom. The zero-order chi connectivity index (χ0) is 19.6. The van der Waals surface area contributed by atoms with Gasteiger partial charge in [-0.3, -0.25) is 4.90 Å². The molecule has 0 amide bonds. The van der Waals surface area contributed by atoms with Crippen LogP contribution in [-0.4, -0.2) is 33.0 Å². The van der Waals surface area contributed by atoms with E-state index < -0.39 is 26.6 Å². The van der Waals surface area contributed by atoms with Gasteiger partial charge in [0.1, 0.15) is 28.1 Å². The second kappa shape index (κ2) is 8.08. The minimum Gasteiger partial charge on any atom is -0.466 e. The number of furan rings is 1. The number of rotatable bonds is 6. The summed E-state index contributed by atoms with van der Waals surface area (Å²) in [6, 6.07) is 4.47. The Labute approximate surface area is 158 Å². The topological polar surface area (TPSA) is 62.6 Å². The Kier molecular flexibility index (Phi) is 5.98. The summed E-state index contributed by atoms with van der Waals surface area (Å²) in [4.78, 5) is 1.67. The van der Waals surface area contributed by atoms with Crippen molar-refractivity contribution in [3.8, 4) is 0 Å². The predicted octanol–water partition coefficient (Wildman–Crippen LogP) is 3.37. The minimum atomic E-state index is -4.07. The largest absolute Gasteiger partial charge is 0.466 e. The molecule has 1 aliphatic rings. The highest BCUT2D eigenvalue weighted by molar-refractivity contribution is 7.89. The van der Waals surface area contributed by atoms with Crippen LogP contribution in [0.25, 0.3) is 0 Å². The quantitative estimate of drug-likeness (QED) is 0.811. The Bertz CT molecular complexity index is 904. The van der Waals surface area contributed by atoms with E-state index in [0.717, 1.165) is 56.1 Å². The monoisotopic (exact) mass is 398 g/mol. The predicted molar refractivity (Wildman–Crippen MR) is 97.7 cm³/mol. The van der Waals surface area contributed by atoms with Crippen molar-refractivity contribution >= 4 is 10.0 Å². The fourth-order valence-electron chi connectivity index (χ4n) is 3.42. The third-order valence-electron chi connectivity index (χ3n) is 4.99. The minimum absolute atomic E-state index is 0.167. The molecule has 0 atom stereocenters. The van der Waals surface area contributed by atoms with Gasteiger partial charge in [0.15, 0.2) is 0 Å². The maximum Gasteiger partial charge on any atom is 0.243 e. The van der Waals surface area contributed by atoms with Gasteiger partial charge in [-0.25, -0.2) is 21.9 Å². The van der Waals surface area contributed by atoms with Crippen LogP contribution in [0, 0.1) is 31.4 Å². The van der Waals surface area contributed by atoms with Crippen LogP contribution in [0.15, 0.2) is 33.6 Å². The van der Waals surface area contributed by atoms with Crippen molar-refractivity contribution in [2.24, 2.45) is 5.92 Å². The second-order valence-corrected chi connectivity index (χ2v) is 8.82. The summed E-state index contributed by atoms with van der Waals surface area (Å²) in [6.45, 7) is 6.62. The number of aryl methyl sites for hydroxylation is 2. The molecular weight excluding hydrogens is 374 g/mol. The van der Waals surface area contributed by atoms with Gasteiger partial charge in [0.2, 0.25) is 10.0 Å². The van der Waals surface area contributed by atoms with Gasteiger partial charge in [-0.15, -0.1) is 0 Å². The highest BCUT2D eigenvalue weighted by atomic mass is 32.2. The number of nitrogens with zero attached hydrogens (tertiary/aromatic N) is 1. The van der Waals surface area contributed by atoms with Crippen LogP contribution in [0.3, 0.4) is 0 Å². The maximum absolute atomic E-state index is 13.7. The van der Waals surface area contributed by atoms with Gasteiger partial charge in [-0.1, -0.05) is 0 Å². The van der Waals surface area contributed by atoms with E-state index in [1.807, 2.05) is 19.9 Å². The van der Waals surface area contributed by atoms with E-state index in [2.05, 4.69) is 9.62 Å². The molecule has 2 aromatic rings. The van der Waals surface area contributed by atoms with Gasteiger partial charge < -0.3 is 4.42 Å². The van der Waals surface area contributed by atoms with E-state index in [4.69, 9.17) is 4.42 Å². The molecule has 1 saturated heterocycles. The average Bonchev–Trinajstić information content (AvgIpc) is 2.93. The van der Waals surface area contributed by atoms with E-state index in [0.29, 0.717) is 6.07 Å². The van der Waals surface area contributed by atoms with Crippen molar-refractivity contribution < 1.29 is 21.6 Å². The highest BCUT2D eigenvalue weighted by Crippen LogP contribution is 2.22. The summed E-state index contributed by atoms with van der Waals surface area (Å²) in [6.07, 6.45) is 1.67. The number of benzene rings is 1. The Balaban J connectivity index is 1.52. The molecule has 1 N–H and O–H groups in total. The molecular formula is C19H24F2N2O3S. The molecule has 0 spiro atoms. The van der Waals surface area contributed by atoms with Crippen molar-refractivity contribution in [2.75, 3.05) is 19.6 Å². The SMILES string of the molecule is Cc1cc(CN2CCC(CNS(=O)(=O)c3cc(F)ccc3F)CC2)c(C)o1. The molecule has 1 aliphatic heterocycles. The number of piperidine rings is 1. The summed E-state index contributed by atoms with van der Waals surface area (Å²) >= 11 is 0. The smallest absolute Gasteiger partial charge is 0.243 e. The molecule has 2 heterocycles. The first-order chi connectivity index (χ1) is 12.7. The van der Waals surface area contributed by atoms with Gasteiger partial charge in [-0.05, 0) is 70.0 Å². The summed E-state index contributed by atoms with van der Waals surface area (Å²) in [5.41, 5.74) is 1.17. The molecule has 27 heavy (non-hydrogen) atoms. The summed E-state index contributed by atoms with van der Waals surface area (Å²) in [5, 5.41) is 0. The molecule has 5 nitrogen and oxygen atoms in total. The first-order valence-electron chi connectivity index (χ1n) is 8.97. The standard InChI is InChI=1S/C19H24F2N2O3S/c1-13-9-16(14(2)26-13)12-23-7-5-15(6-8-23)11-22-27(24,25)19-10-17(20)3-4-18(19)21/h3-4,9-10,15,22H,5-8,11-12H2,1-2H3. The number of hydrogen-bond donors (Lipinski definition) is 1. The molecule has 1 fully saturated rings. The zero-order valence-electron chi connectivity index (χ0n) is 15.5. The van der Waals surface area contributed by atoms with E-state index in [1.54, 1.807) is 0 Å². The van der Waals surface area contributed by atoms with Crippen LogP contribution in [0.2, 0.25) is 0 Å². The Hall–Kier alpha value is -1.77. The van der Waals surface area contributed by atoms with E-state index in [9.17, 15) is 17.2 Å². The normalized spacial score (nSPS) is 16.7. The first kappa shape index (κ1) is 20.0. The maximum atomic E-state index is 13.7. The molecule has 148 valence electrons. The van der Waals surface area contributed by atoms with Crippen LogP contribution in [0.5, 0.6) is 0 Å². The second-order valence-electron chi connectivity index (χ2n) is 7.08. The molecule has 0 radical (unpaired) electrons. The Morgan fingerprint density at radius 1 is 1.19 bits per heavy atom. The average molecular weight is 398 g/mol. The lowest BCUT2D eigenvalue weighted by Crippen LogP contribution is -2.38. The van der Waals surface area contributed by atoms with E-state index >= 15 is 0 Å². The third kappa shape index (κ3) is 4.94. The molecule has 1 aromatic carbocycles. The van der Waals surface area contributed by atoms with Crippen molar-refractivity contribution in [3.05, 3.63) is 53.0 Å². The molecule has 3 rings (SSSR count). The lowest BCUT2D eigenvalue weighted by atomic mass is 9.97. The number of halogens is 2. The van der Waals surface area contributed by atoms with Crippen LogP contribution < -0.4 is 4.72 Å². The van der Waals surface area contributed by atoms with Crippen LogP contribution in [0.1, 0.15) is 29.9 Å². The van der Waals surface area contributed by atoms with Gasteiger partial charge in [0, 0.05) is 18.7 Å². The fraction of sp³-hybridized carbons (Fsp3) is 0.474. The lowest BCUT2D eigenvalue weighted by molar-refractivity contribution is 0.178. The number of likely N-dealkylation sites (tertiary alicyclic amines) is 1. The Morgan fingerprint density at radius 2 is 1.89 bits per heavy atom. The van der Waals surface area contributed by atoms with Crippen LogP contribution >= 0.6 is 0 Å². The van der Waals surface area contributed by atoms with E-state index in [-0.39, 0.29) is 12.5 Å². The summed E-state index contributed by atoms with van der Waals surface area (Å²) in [5.74, 6) is 0.259. The summed E-state index contributed by atoms with van der Waals surface area (Å²) < 4.78 is 59.5. The third-order valence-corrected chi connectivity index (χ3v) is 6.43. The van der Waals surface area contributed by atoms with Gasteiger partial charge >= 0.3 is 0 Å². The summed E-state index contributed by atoms with van der Waals surface area (Å²) in [7, 11) is -4.07. The molecule has 0 saturated carbocycles. The zero-order valence-corrected chi connectivity index (χ0v) is 16.3. The molecule has 0 bridgehead atoms.